The molecule has 28 heavy (non-hydrogen) atoms. The summed E-state index contributed by atoms with van der Waals surface area (Å²) in [4.78, 5) is 16.5. The third-order valence-corrected chi connectivity index (χ3v) is 5.63. The van der Waals surface area contributed by atoms with Crippen molar-refractivity contribution in [3.8, 4) is 11.5 Å². The number of nitrogens with one attached hydrogen (secondary N) is 2. The highest BCUT2D eigenvalue weighted by Gasteiger charge is 2.13. The van der Waals surface area contributed by atoms with E-state index in [9.17, 15) is 4.79 Å². The molecule has 0 saturated carbocycles. The Bertz CT molecular complexity index is 1020. The van der Waals surface area contributed by atoms with E-state index >= 15 is 0 Å². The first kappa shape index (κ1) is 21.2. The zero-order valence-electron chi connectivity index (χ0n) is 15.2. The van der Waals surface area contributed by atoms with E-state index in [1.807, 2.05) is 36.4 Å². The number of halogens is 2. The molecule has 3 aromatic rings. The Kier molecular flexibility index (Phi) is 7.42. The minimum atomic E-state index is -0.0701. The first-order valence-electron chi connectivity index (χ1n) is 8.93. The van der Waals surface area contributed by atoms with E-state index in [0.717, 1.165) is 38.6 Å². The molecule has 0 fully saturated rings. The summed E-state index contributed by atoms with van der Waals surface area (Å²) in [6.07, 6.45) is 3.46. The van der Waals surface area contributed by atoms with Crippen molar-refractivity contribution in [1.82, 2.24) is 10.3 Å². The van der Waals surface area contributed by atoms with Gasteiger partial charge in [-0.3, -0.25) is 4.79 Å². The van der Waals surface area contributed by atoms with Crippen LogP contribution in [0.2, 0.25) is 0 Å². The van der Waals surface area contributed by atoms with E-state index in [2.05, 4.69) is 61.1 Å². The fourth-order valence-corrected chi connectivity index (χ4v) is 3.81. The summed E-state index contributed by atoms with van der Waals surface area (Å²) in [7, 11) is 0. The highest BCUT2D eigenvalue weighted by Crippen LogP contribution is 2.32. The molecule has 0 spiro atoms. The summed E-state index contributed by atoms with van der Waals surface area (Å²) < 4.78 is 7.91. The summed E-state index contributed by atoms with van der Waals surface area (Å²) in [6, 6.07) is 11.5. The molecule has 0 radical (unpaired) electrons. The van der Waals surface area contributed by atoms with Gasteiger partial charge < -0.3 is 15.1 Å². The van der Waals surface area contributed by atoms with Gasteiger partial charge in [0.05, 0.1) is 5.56 Å². The number of carbonyl (C=O) groups is 1. The van der Waals surface area contributed by atoms with Crippen molar-refractivity contribution in [3.05, 3.63) is 44.4 Å². The molecule has 3 rings (SSSR count). The lowest BCUT2D eigenvalue weighted by atomic mass is 10.2. The van der Waals surface area contributed by atoms with Gasteiger partial charge in [-0.2, -0.15) is 0 Å². The number of unbranched alkanes of at least 4 members (excludes halogenated alkanes) is 2. The quantitative estimate of drug-likeness (QED) is 0.208. The third-order valence-electron chi connectivity index (χ3n) is 4.06. The molecule has 1 heterocycles. The normalized spacial score (nSPS) is 10.8. The second-order valence-electron chi connectivity index (χ2n) is 6.29. The zero-order valence-corrected chi connectivity index (χ0v) is 19.8. The molecule has 2 N–H and O–H groups in total. The Morgan fingerprint density at radius 2 is 2.07 bits per heavy atom. The van der Waals surface area contributed by atoms with Gasteiger partial charge in [0.15, 0.2) is 10.7 Å². The average molecular weight is 572 g/mol. The topological polar surface area (TPSA) is 67.2 Å². The number of amides is 1. The third kappa shape index (κ3) is 5.51. The molecule has 0 atom stereocenters. The number of thiocarbonyl (C=S) groups is 1. The van der Waals surface area contributed by atoms with E-state index in [0.29, 0.717) is 23.4 Å². The largest absolute Gasteiger partial charge is 0.436 e. The lowest BCUT2D eigenvalue weighted by molar-refractivity contribution is -0.119. The van der Waals surface area contributed by atoms with Crippen LogP contribution in [0, 0.1) is 3.57 Å². The van der Waals surface area contributed by atoms with Crippen LogP contribution in [0.4, 0.5) is 5.69 Å². The van der Waals surface area contributed by atoms with Crippen LogP contribution in [0.3, 0.4) is 0 Å². The van der Waals surface area contributed by atoms with E-state index in [1.54, 1.807) is 0 Å². The van der Waals surface area contributed by atoms with Crippen LogP contribution in [0.25, 0.3) is 22.6 Å². The first-order chi connectivity index (χ1) is 13.5. The fraction of sp³-hybridized carbons (Fsp3) is 0.250. The van der Waals surface area contributed by atoms with E-state index in [1.165, 1.54) is 0 Å². The predicted octanol–water partition coefficient (Wildman–Crippen LogP) is 6.26. The Balaban J connectivity index is 1.71. The smallest absolute Gasteiger partial charge is 0.228 e. The molecule has 0 bridgehead atoms. The summed E-state index contributed by atoms with van der Waals surface area (Å²) in [5, 5.41) is 6.03. The number of benzene rings is 2. The number of nitrogens with zero attached hydrogens (tertiary/aromatic N) is 1. The van der Waals surface area contributed by atoms with Crippen LogP contribution in [0.15, 0.2) is 45.3 Å². The maximum atomic E-state index is 11.9. The van der Waals surface area contributed by atoms with Crippen LogP contribution >= 0.6 is 50.7 Å². The molecule has 5 nitrogen and oxygen atoms in total. The molecule has 8 heteroatoms. The minimum absolute atomic E-state index is 0.0701. The molecule has 0 aliphatic carbocycles. The highest BCUT2D eigenvalue weighted by molar-refractivity contribution is 14.1. The second kappa shape index (κ2) is 9.80. The standard InChI is InChI=1S/C20H19BrIN3O2S/c1-2-3-4-5-18(26)25-20(28)23-13-7-9-17-16(11-13)24-19(27-17)14-10-12(22)6-8-15(14)21/h6-11H,2-5H2,1H3,(H2,23,25,26,28). The van der Waals surface area contributed by atoms with Crippen molar-refractivity contribution >= 4 is 78.5 Å². The van der Waals surface area contributed by atoms with Crippen molar-refractivity contribution in [2.45, 2.75) is 32.6 Å². The van der Waals surface area contributed by atoms with Crippen LogP contribution in [0.5, 0.6) is 0 Å². The molecule has 1 aromatic heterocycles. The average Bonchev–Trinajstić information content (AvgIpc) is 3.07. The Morgan fingerprint density at radius 1 is 1.25 bits per heavy atom. The fourth-order valence-electron chi connectivity index (χ4n) is 2.67. The van der Waals surface area contributed by atoms with Gasteiger partial charge >= 0.3 is 0 Å². The van der Waals surface area contributed by atoms with Gasteiger partial charge in [-0.05, 0) is 93.6 Å². The van der Waals surface area contributed by atoms with Crippen LogP contribution < -0.4 is 10.6 Å². The number of rotatable bonds is 6. The molecule has 0 saturated heterocycles. The van der Waals surface area contributed by atoms with Crippen LogP contribution in [-0.2, 0) is 4.79 Å². The molecule has 146 valence electrons. The van der Waals surface area contributed by atoms with Crippen molar-refractivity contribution in [1.29, 1.82) is 0 Å². The number of fused-ring (bicyclic) bond motifs is 1. The summed E-state index contributed by atoms with van der Waals surface area (Å²) in [5.41, 5.74) is 3.03. The van der Waals surface area contributed by atoms with Crippen molar-refractivity contribution in [3.63, 3.8) is 0 Å². The van der Waals surface area contributed by atoms with E-state index in [-0.39, 0.29) is 11.0 Å². The van der Waals surface area contributed by atoms with E-state index < -0.39 is 0 Å². The van der Waals surface area contributed by atoms with E-state index in [4.69, 9.17) is 16.6 Å². The highest BCUT2D eigenvalue weighted by atomic mass is 127. The SMILES string of the molecule is CCCCCC(=O)NC(=S)Nc1ccc2oc(-c3cc(I)ccc3Br)nc2c1. The lowest BCUT2D eigenvalue weighted by Crippen LogP contribution is -2.33. The van der Waals surface area contributed by atoms with Gasteiger partial charge in [-0.1, -0.05) is 19.8 Å². The summed E-state index contributed by atoms with van der Waals surface area (Å²) in [5.74, 6) is 0.476. The Morgan fingerprint density at radius 3 is 2.86 bits per heavy atom. The Labute approximate surface area is 190 Å². The summed E-state index contributed by atoms with van der Waals surface area (Å²) in [6.45, 7) is 2.10. The monoisotopic (exact) mass is 571 g/mol. The van der Waals surface area contributed by atoms with Crippen molar-refractivity contribution < 1.29 is 9.21 Å². The summed E-state index contributed by atoms with van der Waals surface area (Å²) >= 11 is 11.0. The molecule has 0 aliphatic rings. The molecular weight excluding hydrogens is 553 g/mol. The maximum Gasteiger partial charge on any atom is 0.228 e. The van der Waals surface area contributed by atoms with Crippen LogP contribution in [-0.4, -0.2) is 16.0 Å². The molecule has 0 unspecified atom stereocenters. The van der Waals surface area contributed by atoms with Crippen molar-refractivity contribution in [2.75, 3.05) is 5.32 Å². The molecule has 1 amide bonds. The number of aromatic nitrogens is 1. The predicted molar refractivity (Wildman–Crippen MR) is 128 cm³/mol. The van der Waals surface area contributed by atoms with Crippen LogP contribution in [0.1, 0.15) is 32.6 Å². The molecular formula is C20H19BrIN3O2S. The molecule has 2 aromatic carbocycles. The number of hydrogen-bond acceptors (Lipinski definition) is 4. The number of anilines is 1. The maximum absolute atomic E-state index is 11.9. The lowest BCUT2D eigenvalue weighted by Gasteiger charge is -2.09. The van der Waals surface area contributed by atoms with Crippen molar-refractivity contribution in [2.24, 2.45) is 0 Å². The zero-order chi connectivity index (χ0) is 20.1. The number of oxazole rings is 1. The van der Waals surface area contributed by atoms with Gasteiger partial charge in [0.25, 0.3) is 0 Å². The molecule has 0 aliphatic heterocycles. The Hall–Kier alpha value is -1.52. The van der Waals surface area contributed by atoms with Gasteiger partial charge in [0.2, 0.25) is 11.8 Å². The minimum Gasteiger partial charge on any atom is -0.436 e. The number of hydrogen-bond donors (Lipinski definition) is 2. The second-order valence-corrected chi connectivity index (χ2v) is 8.79. The van der Waals surface area contributed by atoms with Gasteiger partial charge in [0.1, 0.15) is 5.52 Å². The number of carbonyl (C=O) groups excluding carboxylic acids is 1. The first-order valence-corrected chi connectivity index (χ1v) is 11.2. The van der Waals surface area contributed by atoms with Gasteiger partial charge in [-0.25, -0.2) is 4.98 Å². The van der Waals surface area contributed by atoms with Gasteiger partial charge in [0, 0.05) is 20.2 Å². The van der Waals surface area contributed by atoms with Gasteiger partial charge in [-0.15, -0.1) is 0 Å².